The zero-order chi connectivity index (χ0) is 48.1. The lowest BCUT2D eigenvalue weighted by molar-refractivity contribution is 0.763. The molecular formula is C67H41BN4S. The first-order valence-electron chi connectivity index (χ1n) is 25.1. The molecule has 10 aromatic carbocycles. The van der Waals surface area contributed by atoms with E-state index in [1.807, 2.05) is 17.4 Å². The Labute approximate surface area is 427 Å². The molecule has 4 nitrogen and oxygen atoms in total. The molecule has 1 atom stereocenters. The molecule has 4 aliphatic rings. The van der Waals surface area contributed by atoms with E-state index in [-0.39, 0.29) is 6.71 Å². The fourth-order valence-electron chi connectivity index (χ4n) is 13.5. The molecule has 0 radical (unpaired) electrons. The third-order valence-corrected chi connectivity index (χ3v) is 17.6. The second kappa shape index (κ2) is 14.9. The third kappa shape index (κ3) is 5.24. The molecule has 338 valence electrons. The van der Waals surface area contributed by atoms with Gasteiger partial charge in [0.2, 0.25) is 0 Å². The zero-order valence-corrected chi connectivity index (χ0v) is 40.5. The van der Waals surface area contributed by atoms with Crippen molar-refractivity contribution in [3.63, 3.8) is 0 Å². The third-order valence-electron chi connectivity index (χ3n) is 16.2. The quantitative estimate of drug-likeness (QED) is 0.129. The molecule has 6 heteroatoms. The van der Waals surface area contributed by atoms with Crippen molar-refractivity contribution in [3.05, 3.63) is 269 Å². The first kappa shape index (κ1) is 40.6. The maximum Gasteiger partial charge on any atom is 0.264 e. The molecule has 0 saturated heterocycles. The van der Waals surface area contributed by atoms with Crippen LogP contribution < -0.4 is 25.5 Å². The lowest BCUT2D eigenvalue weighted by Crippen LogP contribution is -2.60. The van der Waals surface area contributed by atoms with Gasteiger partial charge in [-0.25, -0.2) is 4.85 Å². The van der Waals surface area contributed by atoms with Crippen LogP contribution in [0.15, 0.2) is 231 Å². The molecule has 73 heavy (non-hydrogen) atoms. The molecule has 1 aliphatic carbocycles. The van der Waals surface area contributed by atoms with Crippen LogP contribution in [0.5, 0.6) is 0 Å². The summed E-state index contributed by atoms with van der Waals surface area (Å²) >= 11 is 1.99. The van der Waals surface area contributed by atoms with E-state index in [0.717, 1.165) is 22.6 Å². The maximum atomic E-state index is 8.48. The lowest BCUT2D eigenvalue weighted by Gasteiger charge is -2.44. The molecule has 16 rings (SSSR count). The summed E-state index contributed by atoms with van der Waals surface area (Å²) < 4.78 is 3.80. The van der Waals surface area contributed by atoms with Crippen molar-refractivity contribution in [1.29, 1.82) is 0 Å². The smallest absolute Gasteiger partial charge is 0.264 e. The fourth-order valence-corrected chi connectivity index (χ4v) is 15.1. The van der Waals surface area contributed by atoms with E-state index in [0.29, 0.717) is 5.69 Å². The van der Waals surface area contributed by atoms with Gasteiger partial charge in [-0.3, -0.25) is 0 Å². The van der Waals surface area contributed by atoms with Gasteiger partial charge in [-0.15, -0.1) is 11.3 Å². The summed E-state index contributed by atoms with van der Waals surface area (Å²) in [5.41, 5.74) is 25.1. The Morgan fingerprint density at radius 1 is 0.479 bits per heavy atom. The van der Waals surface area contributed by atoms with Crippen LogP contribution in [0, 0.1) is 13.5 Å². The second-order valence-electron chi connectivity index (χ2n) is 19.8. The van der Waals surface area contributed by atoms with Crippen LogP contribution in [-0.2, 0) is 5.41 Å². The van der Waals surface area contributed by atoms with Crippen LogP contribution >= 0.6 is 11.3 Å². The minimum Gasteiger partial charge on any atom is -0.311 e. The number of benzene rings is 10. The van der Waals surface area contributed by atoms with E-state index in [1.165, 1.54) is 115 Å². The standard InChI is InChI=1S/C67H41BN4S/c1-41-38-59-62-60(39-41)72(55-33-16-11-25-46(55)43-22-7-4-8-23-43)64-61-49-27-9-13-29-50(49)67(51-30-19-28-48-47-26-12-17-34-56(47)71(63(48)51)57-37-36-44(69-2)40-52(57)67)65(61)73-66(64)68(62)53-31-14-18-35-58(53)70(59)54-32-15-10-24-45(54)42-20-5-3-6-21-42/h3-40H,1H3. The highest BCUT2D eigenvalue weighted by Gasteiger charge is 2.56. The van der Waals surface area contributed by atoms with Gasteiger partial charge in [0, 0.05) is 59.9 Å². The molecular weight excluding hydrogens is 904 g/mol. The minimum absolute atomic E-state index is 0.0863. The molecule has 12 aromatic rings. The van der Waals surface area contributed by atoms with E-state index in [1.54, 1.807) is 0 Å². The number of hydrogen-bond donors (Lipinski definition) is 0. The number of aryl methyl sites for hydroxylation is 1. The van der Waals surface area contributed by atoms with Crippen LogP contribution in [0.2, 0.25) is 0 Å². The minimum atomic E-state index is -0.738. The van der Waals surface area contributed by atoms with Crippen molar-refractivity contribution in [2.75, 3.05) is 9.80 Å². The summed E-state index contributed by atoms with van der Waals surface area (Å²) in [5.74, 6) is 0. The Bertz CT molecular complexity index is 4390. The maximum absolute atomic E-state index is 8.48. The first-order valence-corrected chi connectivity index (χ1v) is 25.9. The number of nitrogens with zero attached hydrogens (tertiary/aromatic N) is 4. The van der Waals surface area contributed by atoms with Gasteiger partial charge in [0.1, 0.15) is 0 Å². The summed E-state index contributed by atoms with van der Waals surface area (Å²) in [7, 11) is 0. The lowest BCUT2D eigenvalue weighted by atomic mass is 9.36. The van der Waals surface area contributed by atoms with Crippen LogP contribution in [0.3, 0.4) is 0 Å². The predicted molar refractivity (Wildman–Crippen MR) is 305 cm³/mol. The average Bonchev–Trinajstić information content (AvgIpc) is 4.10. The summed E-state index contributed by atoms with van der Waals surface area (Å²) in [6.07, 6.45) is 0. The van der Waals surface area contributed by atoms with Gasteiger partial charge in [0.05, 0.1) is 40.1 Å². The Morgan fingerprint density at radius 3 is 1.81 bits per heavy atom. The Hall–Kier alpha value is -9.15. The number of thiophene rings is 1. The topological polar surface area (TPSA) is 15.8 Å². The zero-order valence-electron chi connectivity index (χ0n) is 39.7. The fraction of sp³-hybridized carbons (Fsp3) is 0.0299. The van der Waals surface area contributed by atoms with Crippen molar-refractivity contribution in [3.8, 4) is 39.1 Å². The summed E-state index contributed by atoms with van der Waals surface area (Å²) in [5, 5.41) is 2.47. The van der Waals surface area contributed by atoms with Crippen LogP contribution in [-0.4, -0.2) is 11.3 Å². The molecule has 0 N–H and O–H groups in total. The number of hydrogen-bond acceptors (Lipinski definition) is 3. The second-order valence-corrected chi connectivity index (χ2v) is 20.9. The molecule has 0 amide bonds. The highest BCUT2D eigenvalue weighted by Crippen LogP contribution is 2.66. The van der Waals surface area contributed by atoms with Crippen molar-refractivity contribution in [2.24, 2.45) is 0 Å². The van der Waals surface area contributed by atoms with Gasteiger partial charge < -0.3 is 14.4 Å². The molecule has 2 aromatic heterocycles. The molecule has 5 heterocycles. The van der Waals surface area contributed by atoms with Gasteiger partial charge in [-0.2, -0.15) is 0 Å². The highest BCUT2D eigenvalue weighted by molar-refractivity contribution is 7.30. The Kier molecular flexibility index (Phi) is 8.31. The van der Waals surface area contributed by atoms with Crippen molar-refractivity contribution in [2.45, 2.75) is 12.3 Å². The van der Waals surface area contributed by atoms with E-state index in [4.69, 9.17) is 6.57 Å². The Morgan fingerprint density at radius 2 is 1.07 bits per heavy atom. The summed E-state index contributed by atoms with van der Waals surface area (Å²) in [4.78, 5) is 10.6. The Balaban J connectivity index is 1.07. The van der Waals surface area contributed by atoms with Gasteiger partial charge in [0.25, 0.3) is 6.71 Å². The molecule has 1 spiro atoms. The number of rotatable bonds is 4. The van der Waals surface area contributed by atoms with Crippen molar-refractivity contribution in [1.82, 2.24) is 4.57 Å². The van der Waals surface area contributed by atoms with Gasteiger partial charge >= 0.3 is 0 Å². The van der Waals surface area contributed by atoms with E-state index in [2.05, 4.69) is 251 Å². The van der Waals surface area contributed by atoms with E-state index >= 15 is 0 Å². The van der Waals surface area contributed by atoms with Gasteiger partial charge in [-0.05, 0) is 105 Å². The SMILES string of the molecule is [C-]#[N+]c1ccc2c(c1)C1(c3ccccc3-c3c1sc1c3N(c3ccccc3-c3ccccc3)c3cc(C)cc4c3B1c1ccccc1N4c1ccccc1-c1ccccc1)c1cccc3c4ccccc4n-2c13. The highest BCUT2D eigenvalue weighted by atomic mass is 32.1. The number of fused-ring (bicyclic) bond motifs is 17. The van der Waals surface area contributed by atoms with Crippen LogP contribution in [0.25, 0.3) is 65.7 Å². The normalized spacial score (nSPS) is 15.2. The van der Waals surface area contributed by atoms with E-state index in [9.17, 15) is 0 Å². The average molecular weight is 945 g/mol. The summed E-state index contributed by atoms with van der Waals surface area (Å²) in [6, 6.07) is 85.1. The van der Waals surface area contributed by atoms with E-state index < -0.39 is 5.41 Å². The first-order chi connectivity index (χ1) is 36.1. The summed E-state index contributed by atoms with van der Waals surface area (Å²) in [6.45, 7) is 10.7. The van der Waals surface area contributed by atoms with Crippen LogP contribution in [0.1, 0.15) is 27.1 Å². The largest absolute Gasteiger partial charge is 0.311 e. The van der Waals surface area contributed by atoms with Crippen molar-refractivity contribution < 1.29 is 0 Å². The molecule has 3 aliphatic heterocycles. The van der Waals surface area contributed by atoms with Crippen molar-refractivity contribution >= 4 is 95.4 Å². The molecule has 0 bridgehead atoms. The predicted octanol–water partition coefficient (Wildman–Crippen LogP) is 15.8. The number of aromatic nitrogens is 1. The van der Waals surface area contributed by atoms with Crippen LogP contribution in [0.4, 0.5) is 39.8 Å². The molecule has 1 unspecified atom stereocenters. The molecule has 0 saturated carbocycles. The monoisotopic (exact) mass is 944 g/mol. The number of anilines is 6. The van der Waals surface area contributed by atoms with Gasteiger partial charge in [-0.1, -0.05) is 182 Å². The molecule has 0 fully saturated rings. The van der Waals surface area contributed by atoms with Gasteiger partial charge in [0.15, 0.2) is 5.69 Å². The number of para-hydroxylation sites is 5.